The third-order valence-electron chi connectivity index (χ3n) is 5.75. The van der Waals surface area contributed by atoms with Crippen LogP contribution in [0.1, 0.15) is 46.0 Å². The molecule has 2 fully saturated rings. The molecule has 0 spiro atoms. The zero-order chi connectivity index (χ0) is 20.8. The molecular weight excluding hydrogens is 404 g/mol. The molecule has 5 N–H and O–H groups in total. The van der Waals surface area contributed by atoms with Gasteiger partial charge in [-0.25, -0.2) is 0 Å². The van der Waals surface area contributed by atoms with Crippen LogP contribution in [0, 0.1) is 5.92 Å². The van der Waals surface area contributed by atoms with Gasteiger partial charge in [-0.15, -0.1) is 23.4 Å². The van der Waals surface area contributed by atoms with Gasteiger partial charge in [0, 0.05) is 0 Å². The Morgan fingerprint density at radius 2 is 2.00 bits per heavy atom. The predicted octanol–water partition coefficient (Wildman–Crippen LogP) is 0.828. The van der Waals surface area contributed by atoms with Gasteiger partial charge in [-0.3, -0.25) is 4.79 Å². The van der Waals surface area contributed by atoms with Gasteiger partial charge in [-0.1, -0.05) is 26.2 Å². The lowest BCUT2D eigenvalue weighted by Crippen LogP contribution is -2.65. The second-order valence-electron chi connectivity index (χ2n) is 7.95. The van der Waals surface area contributed by atoms with Crippen LogP contribution in [-0.4, -0.2) is 81.3 Å². The van der Waals surface area contributed by atoms with Crippen molar-refractivity contribution in [1.29, 1.82) is 0 Å². The van der Waals surface area contributed by atoms with Crippen LogP contribution in [0.4, 0.5) is 0 Å². The summed E-state index contributed by atoms with van der Waals surface area (Å²) in [6.45, 7) is 4.71. The van der Waals surface area contributed by atoms with E-state index in [-0.39, 0.29) is 11.9 Å². The molecule has 1 amide bonds. The molecule has 0 saturated carbocycles. The van der Waals surface area contributed by atoms with E-state index in [0.717, 1.165) is 19.4 Å². The fourth-order valence-corrected chi connectivity index (χ4v) is 4.89. The summed E-state index contributed by atoms with van der Waals surface area (Å²) in [5, 5.41) is 36.3. The van der Waals surface area contributed by atoms with Crippen molar-refractivity contribution < 1.29 is 24.9 Å². The molecule has 2 aliphatic rings. The molecule has 0 aliphatic carbocycles. The largest absolute Gasteiger partial charge is 0.388 e. The van der Waals surface area contributed by atoms with Gasteiger partial charge in [0.25, 0.3) is 0 Å². The number of unbranched alkanes of at least 4 members (excludes halogenated alkanes) is 2. The molecule has 28 heavy (non-hydrogen) atoms. The lowest BCUT2D eigenvalue weighted by molar-refractivity contribution is -0.205. The van der Waals surface area contributed by atoms with Crippen LogP contribution in [0.3, 0.4) is 0 Å². The van der Waals surface area contributed by atoms with Crippen LogP contribution >= 0.6 is 23.4 Å². The molecule has 9 atom stereocenters. The third-order valence-corrected chi connectivity index (χ3v) is 6.88. The molecule has 0 radical (unpaired) electrons. The number of nitrogens with one attached hydrogen (secondary N) is 2. The van der Waals surface area contributed by atoms with Gasteiger partial charge >= 0.3 is 0 Å². The highest BCUT2D eigenvalue weighted by Gasteiger charge is 2.48. The first-order valence-corrected chi connectivity index (χ1v) is 11.9. The molecule has 2 aliphatic heterocycles. The summed E-state index contributed by atoms with van der Waals surface area (Å²) in [6, 6.07) is -0.987. The average Bonchev–Trinajstić information content (AvgIpc) is 3.14. The SMILES string of the molecule is CCCCC[C@H]1CN[C@H](C(=O)N[C@H]([C@H]2O[C@H](SC)[C@H](O)[C@@H](O)[C@H]2O)[C@@H](C)Cl)C1. The zero-order valence-corrected chi connectivity index (χ0v) is 18.5. The Labute approximate surface area is 176 Å². The summed E-state index contributed by atoms with van der Waals surface area (Å²) >= 11 is 7.54. The molecule has 0 unspecified atom stereocenters. The van der Waals surface area contributed by atoms with Gasteiger partial charge in [-0.2, -0.15) is 0 Å². The second kappa shape index (κ2) is 11.3. The molecule has 9 heteroatoms. The molecule has 2 saturated heterocycles. The maximum Gasteiger partial charge on any atom is 0.237 e. The summed E-state index contributed by atoms with van der Waals surface area (Å²) in [7, 11) is 0. The number of rotatable bonds is 9. The smallest absolute Gasteiger partial charge is 0.237 e. The zero-order valence-electron chi connectivity index (χ0n) is 16.9. The van der Waals surface area contributed by atoms with Gasteiger partial charge in [-0.05, 0) is 38.5 Å². The molecule has 0 bridgehead atoms. The molecule has 164 valence electrons. The topological polar surface area (TPSA) is 111 Å². The Bertz CT molecular complexity index is 499. The predicted molar refractivity (Wildman–Crippen MR) is 111 cm³/mol. The van der Waals surface area contributed by atoms with Gasteiger partial charge in [0.2, 0.25) is 5.91 Å². The second-order valence-corrected chi connectivity index (χ2v) is 9.57. The number of aliphatic hydroxyl groups excluding tert-OH is 3. The van der Waals surface area contributed by atoms with Crippen LogP contribution in [0.25, 0.3) is 0 Å². The first-order valence-electron chi connectivity index (χ1n) is 10.2. The van der Waals surface area contributed by atoms with E-state index in [1.54, 1.807) is 13.2 Å². The van der Waals surface area contributed by atoms with E-state index in [4.69, 9.17) is 16.3 Å². The summed E-state index contributed by atoms with van der Waals surface area (Å²) in [4.78, 5) is 12.8. The number of thioether (sulfide) groups is 1. The van der Waals surface area contributed by atoms with E-state index in [9.17, 15) is 20.1 Å². The number of alkyl halides is 1. The molecule has 2 rings (SSSR count). The summed E-state index contributed by atoms with van der Waals surface area (Å²) in [5.74, 6) is 0.316. The minimum absolute atomic E-state index is 0.174. The summed E-state index contributed by atoms with van der Waals surface area (Å²) in [6.07, 6.45) is 2.39. The Balaban J connectivity index is 1.98. The van der Waals surface area contributed by atoms with E-state index in [2.05, 4.69) is 17.6 Å². The number of amides is 1. The molecule has 0 aromatic rings. The van der Waals surface area contributed by atoms with Crippen molar-refractivity contribution in [3.05, 3.63) is 0 Å². The van der Waals surface area contributed by atoms with Gasteiger partial charge in [0.05, 0.1) is 17.5 Å². The molecular formula is C19H35ClN2O5S. The highest BCUT2D eigenvalue weighted by molar-refractivity contribution is 7.99. The fourth-order valence-electron chi connectivity index (χ4n) is 4.00. The Kier molecular flexibility index (Phi) is 9.80. The first kappa shape index (κ1) is 24.2. The van der Waals surface area contributed by atoms with E-state index < -0.39 is 41.3 Å². The van der Waals surface area contributed by atoms with Crippen molar-refractivity contribution in [3.8, 4) is 0 Å². The summed E-state index contributed by atoms with van der Waals surface area (Å²) in [5.41, 5.74) is -0.703. The number of carbonyl (C=O) groups is 1. The van der Waals surface area contributed by atoms with Crippen molar-refractivity contribution in [1.82, 2.24) is 10.6 Å². The van der Waals surface area contributed by atoms with Crippen LogP contribution in [-0.2, 0) is 9.53 Å². The van der Waals surface area contributed by atoms with Crippen LogP contribution < -0.4 is 10.6 Å². The van der Waals surface area contributed by atoms with Crippen molar-refractivity contribution in [2.45, 2.75) is 93.3 Å². The van der Waals surface area contributed by atoms with Crippen LogP contribution in [0.15, 0.2) is 0 Å². The minimum atomic E-state index is -1.36. The normalized spacial score (nSPS) is 38.2. The Hall–Kier alpha value is -0.0900. The van der Waals surface area contributed by atoms with E-state index in [1.165, 1.54) is 31.0 Å². The standard InChI is InChI=1S/C19H35ClN2O5S/c1-4-5-6-7-11-8-12(21-9-11)18(26)22-13(10(2)20)17-15(24)14(23)16(25)19(27-17)28-3/h10-17,19,21,23-25H,4-9H2,1-3H3,(H,22,26)/t10-,11-,12+,13+,14+,15-,16-,17-,19-/m1/s1. The van der Waals surface area contributed by atoms with Crippen LogP contribution in [0.2, 0.25) is 0 Å². The number of hydrogen-bond acceptors (Lipinski definition) is 7. The first-order chi connectivity index (χ1) is 13.3. The fraction of sp³-hybridized carbons (Fsp3) is 0.947. The molecule has 7 nitrogen and oxygen atoms in total. The van der Waals surface area contributed by atoms with Crippen molar-refractivity contribution in [2.75, 3.05) is 12.8 Å². The average molecular weight is 439 g/mol. The van der Waals surface area contributed by atoms with Crippen molar-refractivity contribution in [3.63, 3.8) is 0 Å². The monoisotopic (exact) mass is 438 g/mol. The Morgan fingerprint density at radius 1 is 1.29 bits per heavy atom. The van der Waals surface area contributed by atoms with E-state index in [1.807, 2.05) is 0 Å². The van der Waals surface area contributed by atoms with Gasteiger partial charge in [0.15, 0.2) is 0 Å². The van der Waals surface area contributed by atoms with Gasteiger partial charge in [0.1, 0.15) is 29.9 Å². The quantitative estimate of drug-likeness (QED) is 0.268. The Morgan fingerprint density at radius 3 is 2.61 bits per heavy atom. The van der Waals surface area contributed by atoms with Crippen molar-refractivity contribution in [2.24, 2.45) is 5.92 Å². The van der Waals surface area contributed by atoms with E-state index >= 15 is 0 Å². The number of hydrogen-bond donors (Lipinski definition) is 5. The molecule has 0 aromatic carbocycles. The molecule has 0 aromatic heterocycles. The number of ether oxygens (including phenoxy) is 1. The highest BCUT2D eigenvalue weighted by Crippen LogP contribution is 2.30. The minimum Gasteiger partial charge on any atom is -0.388 e. The summed E-state index contributed by atoms with van der Waals surface area (Å²) < 4.78 is 5.79. The molecule has 2 heterocycles. The third kappa shape index (κ3) is 5.97. The lowest BCUT2D eigenvalue weighted by Gasteiger charge is -2.44. The maximum atomic E-state index is 12.8. The van der Waals surface area contributed by atoms with Gasteiger partial charge < -0.3 is 30.7 Å². The number of carbonyl (C=O) groups excluding carboxylic acids is 1. The maximum absolute atomic E-state index is 12.8. The number of aliphatic hydroxyl groups is 3. The van der Waals surface area contributed by atoms with Crippen molar-refractivity contribution >= 4 is 29.3 Å². The highest BCUT2D eigenvalue weighted by atomic mass is 35.5. The number of halogens is 1. The van der Waals surface area contributed by atoms with Crippen LogP contribution in [0.5, 0.6) is 0 Å². The lowest BCUT2D eigenvalue weighted by atomic mass is 9.92. The van der Waals surface area contributed by atoms with E-state index in [0.29, 0.717) is 5.92 Å².